The summed E-state index contributed by atoms with van der Waals surface area (Å²) in [7, 11) is 0. The molecule has 0 aliphatic heterocycles. The third-order valence-electron chi connectivity index (χ3n) is 2.11. The molecule has 2 aromatic heterocycles. The summed E-state index contributed by atoms with van der Waals surface area (Å²) in [6.45, 7) is 0.680. The lowest BCUT2D eigenvalue weighted by atomic mass is 10.3. The van der Waals surface area contributed by atoms with Crippen molar-refractivity contribution in [3.63, 3.8) is 0 Å². The monoisotopic (exact) mass is 441 g/mol. The molecule has 0 aliphatic rings. The Balaban J connectivity index is 1.83. The fourth-order valence-electron chi connectivity index (χ4n) is 1.32. The fourth-order valence-corrected chi connectivity index (χ4v) is 4.54. The zero-order valence-electron chi connectivity index (χ0n) is 8.70. The van der Waals surface area contributed by atoms with Crippen molar-refractivity contribution in [1.29, 1.82) is 0 Å². The number of nitrogens with one attached hydrogen (secondary N) is 1. The maximum atomic E-state index is 11.8. The van der Waals surface area contributed by atoms with Crippen LogP contribution in [0.5, 0.6) is 0 Å². The van der Waals surface area contributed by atoms with Crippen molar-refractivity contribution in [3.05, 3.63) is 40.7 Å². The van der Waals surface area contributed by atoms with E-state index in [1.807, 2.05) is 11.4 Å². The average Bonchev–Trinajstić information content (AvgIpc) is 2.87. The number of thiophene rings is 2. The molecule has 0 radical (unpaired) electrons. The molecule has 2 aromatic rings. The Kier molecular flexibility index (Phi) is 5.01. The minimum atomic E-state index is -0.00173. The Bertz CT molecular complexity index is 523. The van der Waals surface area contributed by atoms with Crippen LogP contribution in [0.25, 0.3) is 0 Å². The molecule has 17 heavy (non-hydrogen) atoms. The van der Waals surface area contributed by atoms with E-state index in [2.05, 4.69) is 56.0 Å². The van der Waals surface area contributed by atoms with Gasteiger partial charge in [-0.2, -0.15) is 0 Å². The topological polar surface area (TPSA) is 29.1 Å². The summed E-state index contributed by atoms with van der Waals surface area (Å²) >= 11 is 8.88. The van der Waals surface area contributed by atoms with Gasteiger partial charge >= 0.3 is 0 Å². The third-order valence-corrected chi connectivity index (χ3v) is 5.90. The predicted octanol–water partition coefficient (Wildman–Crippen LogP) is 4.15. The number of carbonyl (C=O) groups is 1. The van der Waals surface area contributed by atoms with E-state index in [1.54, 1.807) is 11.3 Å². The lowest BCUT2D eigenvalue weighted by Crippen LogP contribution is -2.24. The molecule has 6 heteroatoms. The van der Waals surface area contributed by atoms with Gasteiger partial charge in [0.15, 0.2) is 0 Å². The van der Waals surface area contributed by atoms with E-state index in [1.165, 1.54) is 19.1 Å². The van der Waals surface area contributed by atoms with Crippen LogP contribution in [0.15, 0.2) is 28.1 Å². The molecule has 2 nitrogen and oxygen atoms in total. The molecule has 0 saturated carbocycles. The van der Waals surface area contributed by atoms with Gasteiger partial charge in [0.05, 0.1) is 2.88 Å². The first-order valence-corrected chi connectivity index (χ1v) is 8.49. The van der Waals surface area contributed by atoms with Crippen molar-refractivity contribution in [2.75, 3.05) is 6.54 Å². The summed E-state index contributed by atoms with van der Waals surface area (Å²) in [5.41, 5.74) is 0. The molecule has 0 aromatic carbocycles. The molecule has 0 bridgehead atoms. The second-order valence-corrected chi connectivity index (χ2v) is 8.14. The number of hydrogen-bond donors (Lipinski definition) is 1. The zero-order chi connectivity index (χ0) is 12.3. The Hall–Kier alpha value is 0.0800. The van der Waals surface area contributed by atoms with Crippen molar-refractivity contribution in [1.82, 2.24) is 5.32 Å². The van der Waals surface area contributed by atoms with Gasteiger partial charge in [0.1, 0.15) is 4.88 Å². The maximum Gasteiger partial charge on any atom is 0.262 e. The SMILES string of the molecule is O=C(NCCc1ccc(I)s1)c1sccc1Br. The van der Waals surface area contributed by atoms with Gasteiger partial charge in [0.2, 0.25) is 0 Å². The summed E-state index contributed by atoms with van der Waals surface area (Å²) in [5, 5.41) is 4.83. The molecule has 2 heterocycles. The van der Waals surface area contributed by atoms with Crippen LogP contribution >= 0.6 is 61.2 Å². The first-order valence-electron chi connectivity index (χ1n) is 4.92. The highest BCUT2D eigenvalue weighted by Crippen LogP contribution is 2.22. The quantitative estimate of drug-likeness (QED) is 0.709. The predicted molar refractivity (Wildman–Crippen MR) is 85.1 cm³/mol. The van der Waals surface area contributed by atoms with Gasteiger partial charge < -0.3 is 5.32 Å². The van der Waals surface area contributed by atoms with Crippen LogP contribution in [-0.4, -0.2) is 12.5 Å². The molecular formula is C11H9BrINOS2. The minimum absolute atomic E-state index is 0.00173. The van der Waals surface area contributed by atoms with Gasteiger partial charge in [-0.05, 0) is 68.5 Å². The highest BCUT2D eigenvalue weighted by atomic mass is 127. The van der Waals surface area contributed by atoms with Gasteiger partial charge in [-0.25, -0.2) is 0 Å². The van der Waals surface area contributed by atoms with Crippen molar-refractivity contribution in [2.24, 2.45) is 0 Å². The van der Waals surface area contributed by atoms with E-state index >= 15 is 0 Å². The Morgan fingerprint density at radius 1 is 1.41 bits per heavy atom. The second kappa shape index (κ2) is 6.31. The smallest absolute Gasteiger partial charge is 0.262 e. The molecule has 0 saturated heterocycles. The fraction of sp³-hybridized carbons (Fsp3) is 0.182. The molecule has 0 spiro atoms. The molecule has 0 fully saturated rings. The van der Waals surface area contributed by atoms with Crippen LogP contribution in [0.2, 0.25) is 0 Å². The van der Waals surface area contributed by atoms with Crippen LogP contribution in [0.3, 0.4) is 0 Å². The number of amides is 1. The van der Waals surface area contributed by atoms with Crippen LogP contribution < -0.4 is 5.32 Å². The molecule has 90 valence electrons. The first kappa shape index (κ1) is 13.5. The second-order valence-electron chi connectivity index (χ2n) is 3.31. The maximum absolute atomic E-state index is 11.8. The normalized spacial score (nSPS) is 10.5. The first-order chi connectivity index (χ1) is 8.16. The standard InChI is InChI=1S/C11H9BrINOS2/c12-8-4-6-16-10(8)11(15)14-5-3-7-1-2-9(13)17-7/h1-2,4,6H,3,5H2,(H,14,15). The zero-order valence-corrected chi connectivity index (χ0v) is 14.1. The molecule has 0 aliphatic carbocycles. The van der Waals surface area contributed by atoms with E-state index in [0.717, 1.165) is 15.8 Å². The molecule has 1 N–H and O–H groups in total. The van der Waals surface area contributed by atoms with Gasteiger partial charge in [0, 0.05) is 15.9 Å². The summed E-state index contributed by atoms with van der Waals surface area (Å²) < 4.78 is 2.15. The van der Waals surface area contributed by atoms with Crippen molar-refractivity contribution in [2.45, 2.75) is 6.42 Å². The summed E-state index contributed by atoms with van der Waals surface area (Å²) in [6, 6.07) is 6.10. The highest BCUT2D eigenvalue weighted by Gasteiger charge is 2.10. The average molecular weight is 442 g/mol. The lowest BCUT2D eigenvalue weighted by molar-refractivity contribution is 0.0957. The van der Waals surface area contributed by atoms with E-state index in [-0.39, 0.29) is 5.91 Å². The van der Waals surface area contributed by atoms with E-state index in [4.69, 9.17) is 0 Å². The van der Waals surface area contributed by atoms with E-state index in [0.29, 0.717) is 6.54 Å². The van der Waals surface area contributed by atoms with E-state index < -0.39 is 0 Å². The van der Waals surface area contributed by atoms with Crippen molar-refractivity contribution in [3.8, 4) is 0 Å². The largest absolute Gasteiger partial charge is 0.351 e. The van der Waals surface area contributed by atoms with Gasteiger partial charge in [0.25, 0.3) is 5.91 Å². The summed E-state index contributed by atoms with van der Waals surface area (Å²) in [5.74, 6) is -0.00173. The third kappa shape index (κ3) is 3.77. The van der Waals surface area contributed by atoms with Crippen LogP contribution in [0.1, 0.15) is 14.5 Å². The molecular weight excluding hydrogens is 433 g/mol. The number of carbonyl (C=O) groups excluding carboxylic acids is 1. The lowest BCUT2D eigenvalue weighted by Gasteiger charge is -2.02. The van der Waals surface area contributed by atoms with Crippen molar-refractivity contribution < 1.29 is 4.79 Å². The van der Waals surface area contributed by atoms with Gasteiger partial charge in [-0.1, -0.05) is 0 Å². The van der Waals surface area contributed by atoms with Gasteiger partial charge in [-0.15, -0.1) is 22.7 Å². The van der Waals surface area contributed by atoms with E-state index in [9.17, 15) is 4.79 Å². The summed E-state index contributed by atoms with van der Waals surface area (Å²) in [6.07, 6.45) is 0.891. The molecule has 0 atom stereocenters. The van der Waals surface area contributed by atoms with Crippen LogP contribution in [0.4, 0.5) is 0 Å². The molecule has 1 amide bonds. The number of hydrogen-bond acceptors (Lipinski definition) is 3. The molecule has 0 unspecified atom stereocenters. The molecule has 2 rings (SSSR count). The van der Waals surface area contributed by atoms with Crippen LogP contribution in [-0.2, 0) is 6.42 Å². The van der Waals surface area contributed by atoms with Crippen molar-refractivity contribution >= 4 is 67.1 Å². The Morgan fingerprint density at radius 2 is 2.24 bits per heavy atom. The summed E-state index contributed by atoms with van der Waals surface area (Å²) in [4.78, 5) is 13.8. The number of rotatable bonds is 4. The van der Waals surface area contributed by atoms with Crippen LogP contribution in [0, 0.1) is 2.88 Å². The number of halogens is 2. The Morgan fingerprint density at radius 3 is 2.82 bits per heavy atom. The Labute approximate surface area is 130 Å². The van der Waals surface area contributed by atoms with Gasteiger partial charge in [-0.3, -0.25) is 4.79 Å². The highest BCUT2D eigenvalue weighted by molar-refractivity contribution is 14.1. The minimum Gasteiger partial charge on any atom is -0.351 e.